The lowest BCUT2D eigenvalue weighted by atomic mass is 9.59. The van der Waals surface area contributed by atoms with E-state index in [0.717, 1.165) is 47.9 Å². The molecular formula is C35H38FN3O4. The summed E-state index contributed by atoms with van der Waals surface area (Å²) in [5.41, 5.74) is 5.25. The van der Waals surface area contributed by atoms with Crippen LogP contribution in [-0.2, 0) is 4.74 Å². The predicted molar refractivity (Wildman–Crippen MR) is 163 cm³/mol. The minimum atomic E-state index is -0.519. The molecule has 2 heterocycles. The van der Waals surface area contributed by atoms with Crippen LogP contribution in [0.1, 0.15) is 92.5 Å². The van der Waals surface area contributed by atoms with E-state index in [1.54, 1.807) is 21.7 Å². The van der Waals surface area contributed by atoms with Gasteiger partial charge in [0.05, 0.1) is 11.6 Å². The number of benzene rings is 2. The third kappa shape index (κ3) is 6.14. The molecule has 0 unspecified atom stereocenters. The predicted octanol–water partition coefficient (Wildman–Crippen LogP) is 6.65. The number of nitrogens with one attached hydrogen (secondary N) is 1. The molecule has 7 nitrogen and oxygen atoms in total. The number of amides is 2. The van der Waals surface area contributed by atoms with Gasteiger partial charge in [-0.05, 0) is 93.8 Å². The Balaban J connectivity index is 1.17. The van der Waals surface area contributed by atoms with Gasteiger partial charge in [0.15, 0.2) is 0 Å². The molecule has 0 radical (unpaired) electrons. The van der Waals surface area contributed by atoms with Crippen LogP contribution in [-0.4, -0.2) is 40.2 Å². The zero-order valence-corrected chi connectivity index (χ0v) is 25.2. The van der Waals surface area contributed by atoms with Gasteiger partial charge in [0.25, 0.3) is 11.5 Å². The molecule has 1 saturated heterocycles. The van der Waals surface area contributed by atoms with E-state index in [4.69, 9.17) is 4.74 Å². The second kappa shape index (κ2) is 10.8. The molecular weight excluding hydrogens is 545 g/mol. The zero-order valence-electron chi connectivity index (χ0n) is 25.2. The van der Waals surface area contributed by atoms with Crippen LogP contribution >= 0.6 is 0 Å². The monoisotopic (exact) mass is 583 g/mol. The van der Waals surface area contributed by atoms with Gasteiger partial charge in [0.2, 0.25) is 0 Å². The quantitative estimate of drug-likeness (QED) is 0.353. The van der Waals surface area contributed by atoms with Crippen LogP contribution in [0.4, 0.5) is 9.18 Å². The third-order valence-electron chi connectivity index (χ3n) is 8.55. The highest BCUT2D eigenvalue weighted by atomic mass is 19.1. The number of ether oxygens (including phenoxy) is 1. The molecule has 2 aliphatic carbocycles. The Hall–Kier alpha value is -4.20. The fourth-order valence-corrected chi connectivity index (χ4v) is 6.24. The highest BCUT2D eigenvalue weighted by Crippen LogP contribution is 2.55. The van der Waals surface area contributed by atoms with Crippen molar-refractivity contribution in [3.05, 3.63) is 111 Å². The van der Waals surface area contributed by atoms with Crippen molar-refractivity contribution in [2.45, 2.75) is 71.1 Å². The maximum absolute atomic E-state index is 13.8. The van der Waals surface area contributed by atoms with Gasteiger partial charge in [0.1, 0.15) is 11.4 Å². The van der Waals surface area contributed by atoms with Crippen molar-refractivity contribution in [1.29, 1.82) is 0 Å². The second-order valence-electron chi connectivity index (χ2n) is 13.4. The van der Waals surface area contributed by atoms with Gasteiger partial charge in [0, 0.05) is 36.8 Å². The van der Waals surface area contributed by atoms with Crippen LogP contribution in [0.5, 0.6) is 0 Å². The van der Waals surface area contributed by atoms with Crippen LogP contribution in [0, 0.1) is 11.2 Å². The first kappa shape index (κ1) is 28.9. The lowest BCUT2D eigenvalue weighted by Crippen LogP contribution is -2.62. The summed E-state index contributed by atoms with van der Waals surface area (Å²) in [6.45, 7) is 8.91. The first-order valence-electron chi connectivity index (χ1n) is 15.0. The number of likely N-dealkylation sites (tertiary alicyclic amines) is 1. The highest BCUT2D eigenvalue weighted by Gasteiger charge is 2.53. The zero-order chi connectivity index (χ0) is 30.5. The van der Waals surface area contributed by atoms with E-state index in [2.05, 4.69) is 17.4 Å². The molecule has 43 heavy (non-hydrogen) atoms. The first-order valence-corrected chi connectivity index (χ1v) is 15.0. The van der Waals surface area contributed by atoms with Gasteiger partial charge < -0.3 is 19.5 Å². The number of hydrogen-bond acceptors (Lipinski definition) is 4. The summed E-state index contributed by atoms with van der Waals surface area (Å²) in [6.07, 6.45) is 5.07. The topological polar surface area (TPSA) is 80.6 Å². The number of carbonyl (C=O) groups excluding carboxylic acids is 2. The van der Waals surface area contributed by atoms with E-state index in [-0.39, 0.29) is 40.9 Å². The number of carbonyl (C=O) groups is 2. The summed E-state index contributed by atoms with van der Waals surface area (Å²) < 4.78 is 21.0. The van der Waals surface area contributed by atoms with E-state index < -0.39 is 5.60 Å². The maximum Gasteiger partial charge on any atom is 0.410 e. The molecule has 1 aliphatic heterocycles. The van der Waals surface area contributed by atoms with Crippen LogP contribution in [0.3, 0.4) is 0 Å². The number of allylic oxidation sites excluding steroid dienone is 1. The van der Waals surface area contributed by atoms with Crippen molar-refractivity contribution in [3.8, 4) is 0 Å². The Morgan fingerprint density at radius 2 is 1.51 bits per heavy atom. The van der Waals surface area contributed by atoms with Gasteiger partial charge in [-0.1, -0.05) is 42.0 Å². The largest absolute Gasteiger partial charge is 0.444 e. The number of aromatic nitrogens is 1. The molecule has 3 fully saturated rings. The normalized spacial score (nSPS) is 18.0. The lowest BCUT2D eigenvalue weighted by molar-refractivity contribution is -0.0500. The summed E-state index contributed by atoms with van der Waals surface area (Å²) in [6, 6.07) is 17.7. The van der Waals surface area contributed by atoms with Gasteiger partial charge in [-0.3, -0.25) is 9.59 Å². The molecule has 3 aromatic rings. The lowest BCUT2D eigenvalue weighted by Gasteiger charge is -2.57. The summed E-state index contributed by atoms with van der Waals surface area (Å²) >= 11 is 0. The average Bonchev–Trinajstić information content (AvgIpc) is 3.75. The number of pyridine rings is 1. The molecule has 8 heteroatoms. The Morgan fingerprint density at radius 1 is 0.930 bits per heavy atom. The molecule has 2 aromatic carbocycles. The Morgan fingerprint density at radius 3 is 2.09 bits per heavy atom. The Kier molecular flexibility index (Phi) is 7.27. The average molecular weight is 584 g/mol. The summed E-state index contributed by atoms with van der Waals surface area (Å²) in [7, 11) is 0. The van der Waals surface area contributed by atoms with Gasteiger partial charge in [-0.15, -0.1) is 0 Å². The maximum atomic E-state index is 13.8. The number of rotatable bonds is 6. The van der Waals surface area contributed by atoms with Crippen molar-refractivity contribution in [1.82, 2.24) is 14.8 Å². The molecule has 1 N–H and O–H groups in total. The summed E-state index contributed by atoms with van der Waals surface area (Å²) in [4.78, 5) is 39.4. The molecule has 1 aromatic heterocycles. The number of hydrogen-bond donors (Lipinski definition) is 1. The third-order valence-corrected chi connectivity index (χ3v) is 8.55. The van der Waals surface area contributed by atoms with Crippen molar-refractivity contribution in [3.63, 3.8) is 0 Å². The van der Waals surface area contributed by atoms with Crippen LogP contribution in [0.2, 0.25) is 0 Å². The molecule has 1 atom stereocenters. The van der Waals surface area contributed by atoms with Crippen molar-refractivity contribution >= 4 is 17.6 Å². The summed E-state index contributed by atoms with van der Waals surface area (Å²) in [5.74, 6) is -0.501. The van der Waals surface area contributed by atoms with Crippen molar-refractivity contribution < 1.29 is 18.7 Å². The molecule has 3 aliphatic rings. The molecule has 6 rings (SSSR count). The smallest absolute Gasteiger partial charge is 0.410 e. The fourth-order valence-electron chi connectivity index (χ4n) is 6.24. The van der Waals surface area contributed by atoms with Crippen LogP contribution in [0.15, 0.2) is 77.2 Å². The fraction of sp³-hybridized carbons (Fsp3) is 0.400. The molecule has 1 spiro atoms. The first-order chi connectivity index (χ1) is 20.4. The van der Waals surface area contributed by atoms with Gasteiger partial charge >= 0.3 is 6.09 Å². The number of halogens is 1. The van der Waals surface area contributed by atoms with Crippen LogP contribution in [0.25, 0.3) is 5.57 Å². The van der Waals surface area contributed by atoms with Crippen molar-refractivity contribution in [2.24, 2.45) is 5.41 Å². The van der Waals surface area contributed by atoms with E-state index in [9.17, 15) is 18.8 Å². The van der Waals surface area contributed by atoms with Gasteiger partial charge in [-0.2, -0.15) is 0 Å². The molecule has 0 bridgehead atoms. The van der Waals surface area contributed by atoms with E-state index >= 15 is 0 Å². The standard InChI is InChI=1S/C35H38FN3O4/c1-22(37-32(41)26-11-16-30(40)39(19-26)29-14-15-29)23-5-7-24(8-6-23)31(25-9-12-28(36)13-10-25)27-17-35(18-27)20-38(21-35)33(42)43-34(2,3)4/h5-13,16,19,22,29H,14-15,17-18,20-21H2,1-4H3,(H,37,41)/t22-/m1/s1. The Bertz CT molecular complexity index is 1630. The Labute approximate surface area is 251 Å². The minimum absolute atomic E-state index is 0.0677. The minimum Gasteiger partial charge on any atom is -0.444 e. The second-order valence-corrected chi connectivity index (χ2v) is 13.4. The molecule has 2 saturated carbocycles. The SMILES string of the molecule is C[C@@H](NC(=O)c1ccc(=O)n(C2CC2)c1)c1ccc(C(=C2CC3(C2)CN(C(=O)OC(C)(C)C)C3)c2ccc(F)cc2)cc1. The highest BCUT2D eigenvalue weighted by molar-refractivity contribution is 5.94. The molecule has 224 valence electrons. The van der Waals surface area contributed by atoms with E-state index in [1.165, 1.54) is 23.8 Å². The van der Waals surface area contributed by atoms with Gasteiger partial charge in [-0.25, -0.2) is 9.18 Å². The van der Waals surface area contributed by atoms with E-state index in [1.807, 2.05) is 52.0 Å². The summed E-state index contributed by atoms with van der Waals surface area (Å²) in [5, 5.41) is 3.05. The van der Waals surface area contributed by atoms with E-state index in [0.29, 0.717) is 18.7 Å². The number of nitrogens with zero attached hydrogens (tertiary/aromatic N) is 2. The molecule has 2 amide bonds. The van der Waals surface area contributed by atoms with Crippen LogP contribution < -0.4 is 10.9 Å². The van der Waals surface area contributed by atoms with Crippen molar-refractivity contribution in [2.75, 3.05) is 13.1 Å².